The minimum absolute atomic E-state index is 0.177. The number of halogens is 1. The zero-order valence-electron chi connectivity index (χ0n) is 15.1. The lowest BCUT2D eigenvalue weighted by atomic mass is 10.1. The molecule has 0 fully saturated rings. The van der Waals surface area contributed by atoms with Crippen molar-refractivity contribution < 1.29 is 18.7 Å². The van der Waals surface area contributed by atoms with Gasteiger partial charge >= 0.3 is 0 Å². The Hall–Kier alpha value is -3.19. The molecule has 1 N–H and O–H groups in total. The van der Waals surface area contributed by atoms with Crippen LogP contribution in [0.15, 0.2) is 47.9 Å². The Kier molecular flexibility index (Phi) is 5.08. The average molecular weight is 396 g/mol. The highest BCUT2D eigenvalue weighted by molar-refractivity contribution is 7.14. The molecular formula is C21H17FN2O3S. The third-order valence-electron chi connectivity index (χ3n) is 4.32. The van der Waals surface area contributed by atoms with Gasteiger partial charge in [0.2, 0.25) is 5.91 Å². The summed E-state index contributed by atoms with van der Waals surface area (Å²) in [6.45, 7) is 0.702. The summed E-state index contributed by atoms with van der Waals surface area (Å²) in [6, 6.07) is 10.5. The molecule has 4 rings (SSSR count). The smallest absolute Gasteiger partial charge is 0.250 e. The Morgan fingerprint density at radius 1 is 1.32 bits per heavy atom. The van der Waals surface area contributed by atoms with Crippen LogP contribution >= 0.6 is 11.3 Å². The van der Waals surface area contributed by atoms with Gasteiger partial charge in [-0.15, -0.1) is 11.3 Å². The van der Waals surface area contributed by atoms with E-state index in [0.29, 0.717) is 23.0 Å². The van der Waals surface area contributed by atoms with Crippen LogP contribution in [0.3, 0.4) is 0 Å². The highest BCUT2D eigenvalue weighted by Gasteiger charge is 2.12. The molecule has 5 nitrogen and oxygen atoms in total. The van der Waals surface area contributed by atoms with Gasteiger partial charge in [0.05, 0.1) is 19.4 Å². The minimum atomic E-state index is -0.457. The maximum Gasteiger partial charge on any atom is 0.250 e. The van der Waals surface area contributed by atoms with Crippen molar-refractivity contribution in [3.05, 3.63) is 64.8 Å². The van der Waals surface area contributed by atoms with Crippen LogP contribution < -0.4 is 14.8 Å². The van der Waals surface area contributed by atoms with Crippen molar-refractivity contribution in [3.8, 4) is 22.8 Å². The van der Waals surface area contributed by atoms with Crippen molar-refractivity contribution in [1.82, 2.24) is 4.98 Å². The van der Waals surface area contributed by atoms with E-state index in [4.69, 9.17) is 9.47 Å². The fourth-order valence-electron chi connectivity index (χ4n) is 2.92. The number of benzene rings is 2. The Labute approximate surface area is 165 Å². The lowest BCUT2D eigenvalue weighted by Crippen LogP contribution is -2.07. The molecule has 2 aromatic carbocycles. The first-order valence-electron chi connectivity index (χ1n) is 8.66. The fraction of sp³-hybridized carbons (Fsp3) is 0.143. The molecule has 1 aliphatic rings. The summed E-state index contributed by atoms with van der Waals surface area (Å²) in [4.78, 5) is 16.5. The van der Waals surface area contributed by atoms with Gasteiger partial charge in [0.25, 0.3) is 0 Å². The van der Waals surface area contributed by atoms with Gasteiger partial charge in [-0.3, -0.25) is 10.1 Å². The molecule has 0 saturated heterocycles. The lowest BCUT2D eigenvalue weighted by Gasteiger charge is -2.03. The molecule has 0 radical (unpaired) electrons. The van der Waals surface area contributed by atoms with Crippen LogP contribution in [0.1, 0.15) is 11.1 Å². The van der Waals surface area contributed by atoms with E-state index in [1.807, 2.05) is 18.2 Å². The zero-order valence-corrected chi connectivity index (χ0v) is 15.9. The van der Waals surface area contributed by atoms with Crippen LogP contribution in [0.25, 0.3) is 17.3 Å². The average Bonchev–Trinajstić information content (AvgIpc) is 3.35. The van der Waals surface area contributed by atoms with E-state index in [0.717, 1.165) is 23.3 Å². The number of hydrogen-bond acceptors (Lipinski definition) is 5. The van der Waals surface area contributed by atoms with Gasteiger partial charge in [0, 0.05) is 23.4 Å². The second kappa shape index (κ2) is 7.82. The van der Waals surface area contributed by atoms with Crippen molar-refractivity contribution >= 4 is 28.5 Å². The van der Waals surface area contributed by atoms with Crippen LogP contribution in [0, 0.1) is 5.82 Å². The van der Waals surface area contributed by atoms with Crippen LogP contribution in [0.2, 0.25) is 0 Å². The van der Waals surface area contributed by atoms with E-state index in [1.165, 1.54) is 30.6 Å². The maximum atomic E-state index is 13.9. The van der Waals surface area contributed by atoms with E-state index in [-0.39, 0.29) is 11.7 Å². The second-order valence-corrected chi connectivity index (χ2v) is 7.03. The summed E-state index contributed by atoms with van der Waals surface area (Å²) in [5.74, 6) is 0.350. The molecule has 0 bridgehead atoms. The molecule has 2 heterocycles. The van der Waals surface area contributed by atoms with E-state index < -0.39 is 5.82 Å². The lowest BCUT2D eigenvalue weighted by molar-refractivity contribution is -0.111. The largest absolute Gasteiger partial charge is 0.494 e. The quantitative estimate of drug-likeness (QED) is 0.643. The maximum absolute atomic E-state index is 13.9. The summed E-state index contributed by atoms with van der Waals surface area (Å²) in [7, 11) is 1.42. The fourth-order valence-corrected chi connectivity index (χ4v) is 3.64. The molecule has 0 unspecified atom stereocenters. The predicted molar refractivity (Wildman–Crippen MR) is 107 cm³/mol. The first-order valence-corrected chi connectivity index (χ1v) is 9.54. The van der Waals surface area contributed by atoms with Crippen molar-refractivity contribution in [1.29, 1.82) is 0 Å². The standard InChI is InChI=1S/C21H17FN2O3S/c1-26-19-6-4-14(11-16(19)22)17-12-28-21(23-17)24-20(25)7-3-13-2-5-18-15(10-13)8-9-27-18/h2-7,10-12H,8-9H2,1H3,(H,23,24,25)/b7-3+. The molecule has 3 aromatic rings. The normalized spacial score (nSPS) is 12.6. The first-order chi connectivity index (χ1) is 13.6. The molecule has 1 amide bonds. The number of carbonyl (C=O) groups excluding carboxylic acids is 1. The molecule has 28 heavy (non-hydrogen) atoms. The highest BCUT2D eigenvalue weighted by atomic mass is 32.1. The number of ether oxygens (including phenoxy) is 2. The van der Waals surface area contributed by atoms with Crippen LogP contribution in [0.5, 0.6) is 11.5 Å². The van der Waals surface area contributed by atoms with Crippen molar-refractivity contribution in [2.75, 3.05) is 19.0 Å². The highest BCUT2D eigenvalue weighted by Crippen LogP contribution is 2.29. The Morgan fingerprint density at radius 2 is 2.21 bits per heavy atom. The first kappa shape index (κ1) is 18.2. The topological polar surface area (TPSA) is 60.5 Å². The van der Waals surface area contributed by atoms with Crippen LogP contribution in [-0.2, 0) is 11.2 Å². The number of methoxy groups -OCH3 is 1. The molecule has 0 spiro atoms. The predicted octanol–water partition coefficient (Wildman–Crippen LogP) is 4.54. The Bertz CT molecular complexity index is 1060. The van der Waals surface area contributed by atoms with Gasteiger partial charge < -0.3 is 9.47 Å². The second-order valence-electron chi connectivity index (χ2n) is 6.18. The molecule has 7 heteroatoms. The van der Waals surface area contributed by atoms with E-state index in [9.17, 15) is 9.18 Å². The monoisotopic (exact) mass is 396 g/mol. The van der Waals surface area contributed by atoms with Crippen LogP contribution in [-0.4, -0.2) is 24.6 Å². The SMILES string of the molecule is COc1ccc(-c2csc(NC(=O)/C=C/c3ccc4c(c3)CCO4)n2)cc1F. The minimum Gasteiger partial charge on any atom is -0.494 e. The number of thiazole rings is 1. The number of aromatic nitrogens is 1. The van der Waals surface area contributed by atoms with Crippen LogP contribution in [0.4, 0.5) is 9.52 Å². The zero-order chi connectivity index (χ0) is 19.5. The van der Waals surface area contributed by atoms with Gasteiger partial charge in [-0.1, -0.05) is 6.07 Å². The summed E-state index contributed by atoms with van der Waals surface area (Å²) < 4.78 is 24.3. The summed E-state index contributed by atoms with van der Waals surface area (Å²) in [5.41, 5.74) is 3.29. The molecule has 0 saturated carbocycles. The molecule has 1 aliphatic heterocycles. The summed E-state index contributed by atoms with van der Waals surface area (Å²) >= 11 is 1.28. The van der Waals surface area contributed by atoms with E-state index in [1.54, 1.807) is 23.6 Å². The van der Waals surface area contributed by atoms with Gasteiger partial charge in [0.15, 0.2) is 16.7 Å². The number of hydrogen-bond donors (Lipinski definition) is 1. The molecule has 0 atom stereocenters. The third-order valence-corrected chi connectivity index (χ3v) is 5.08. The number of rotatable bonds is 5. The van der Waals surface area contributed by atoms with Crippen molar-refractivity contribution in [2.45, 2.75) is 6.42 Å². The van der Waals surface area contributed by atoms with Gasteiger partial charge in [0.1, 0.15) is 5.75 Å². The van der Waals surface area contributed by atoms with Gasteiger partial charge in [-0.25, -0.2) is 9.37 Å². The molecular weight excluding hydrogens is 379 g/mol. The molecule has 142 valence electrons. The molecule has 1 aromatic heterocycles. The van der Waals surface area contributed by atoms with Crippen molar-refractivity contribution in [2.24, 2.45) is 0 Å². The van der Waals surface area contributed by atoms with Crippen molar-refractivity contribution in [3.63, 3.8) is 0 Å². The van der Waals surface area contributed by atoms with E-state index in [2.05, 4.69) is 10.3 Å². The summed E-state index contributed by atoms with van der Waals surface area (Å²) in [6.07, 6.45) is 4.10. The number of nitrogens with zero attached hydrogens (tertiary/aromatic N) is 1. The van der Waals surface area contributed by atoms with E-state index >= 15 is 0 Å². The number of nitrogens with one attached hydrogen (secondary N) is 1. The Balaban J connectivity index is 1.42. The number of anilines is 1. The van der Waals surface area contributed by atoms with Gasteiger partial charge in [-0.2, -0.15) is 0 Å². The number of fused-ring (bicyclic) bond motifs is 1. The number of amides is 1. The number of carbonyl (C=O) groups is 1. The molecule has 0 aliphatic carbocycles. The summed E-state index contributed by atoms with van der Waals surface area (Å²) in [5, 5.41) is 4.94. The third kappa shape index (κ3) is 3.89. The Morgan fingerprint density at radius 3 is 3.04 bits per heavy atom. The van der Waals surface area contributed by atoms with Gasteiger partial charge in [-0.05, 0) is 47.5 Å².